The van der Waals surface area contributed by atoms with Crippen molar-refractivity contribution in [2.45, 2.75) is 30.5 Å². The third kappa shape index (κ3) is 2.23. The Morgan fingerprint density at radius 1 is 1.41 bits per heavy atom. The Morgan fingerprint density at radius 3 is 2.47 bits per heavy atom. The molecule has 1 fully saturated rings. The molecular weight excluding hydrogens is 275 g/mol. The fourth-order valence-electron chi connectivity index (χ4n) is 2.40. The molecule has 1 aliphatic carbocycles. The highest BCUT2D eigenvalue weighted by atomic mass is 35.5. The molecular formula is C14H15Cl3. The van der Waals surface area contributed by atoms with E-state index in [1.165, 1.54) is 0 Å². The van der Waals surface area contributed by atoms with Gasteiger partial charge in [0.15, 0.2) is 0 Å². The zero-order valence-electron chi connectivity index (χ0n) is 9.93. The molecule has 0 heterocycles. The number of hydrogen-bond donors (Lipinski definition) is 0. The molecule has 92 valence electrons. The lowest BCUT2D eigenvalue weighted by molar-refractivity contribution is 0.940. The van der Waals surface area contributed by atoms with Gasteiger partial charge in [-0.2, -0.15) is 0 Å². The van der Waals surface area contributed by atoms with Gasteiger partial charge in [0.1, 0.15) is 4.33 Å². The highest BCUT2D eigenvalue weighted by Gasteiger charge is 2.63. The smallest absolute Gasteiger partial charge is 0.100 e. The van der Waals surface area contributed by atoms with Crippen molar-refractivity contribution in [3.05, 3.63) is 46.5 Å². The lowest BCUT2D eigenvalue weighted by Crippen LogP contribution is -1.92. The van der Waals surface area contributed by atoms with E-state index in [2.05, 4.69) is 25.6 Å². The summed E-state index contributed by atoms with van der Waals surface area (Å²) in [4.78, 5) is 0. The zero-order chi connectivity index (χ0) is 12.8. The number of halogens is 3. The SMILES string of the molecule is C=C(C)C1C(c2ccc(CC)c(Cl)c2)C1(Cl)Cl. The molecule has 2 unspecified atom stereocenters. The first-order valence-corrected chi connectivity index (χ1v) is 6.84. The van der Waals surface area contributed by atoms with Crippen molar-refractivity contribution in [3.8, 4) is 0 Å². The molecule has 0 aliphatic heterocycles. The summed E-state index contributed by atoms with van der Waals surface area (Å²) in [6.45, 7) is 7.99. The first-order valence-electron chi connectivity index (χ1n) is 5.71. The molecule has 2 atom stereocenters. The maximum atomic E-state index is 6.29. The van der Waals surface area contributed by atoms with E-state index in [-0.39, 0.29) is 11.8 Å². The highest BCUT2D eigenvalue weighted by molar-refractivity contribution is 6.52. The van der Waals surface area contributed by atoms with Crippen LogP contribution in [0.1, 0.15) is 30.9 Å². The third-order valence-corrected chi connectivity index (χ3v) is 4.69. The average Bonchev–Trinajstić information content (AvgIpc) is 2.81. The second-order valence-corrected chi connectivity index (χ2v) is 6.53. The summed E-state index contributed by atoms with van der Waals surface area (Å²) < 4.78 is -0.719. The summed E-state index contributed by atoms with van der Waals surface area (Å²) >= 11 is 18.8. The van der Waals surface area contributed by atoms with Crippen LogP contribution in [0.5, 0.6) is 0 Å². The lowest BCUT2D eigenvalue weighted by atomic mass is 10.0. The molecule has 2 rings (SSSR count). The zero-order valence-corrected chi connectivity index (χ0v) is 12.2. The van der Waals surface area contributed by atoms with Gasteiger partial charge in [0.05, 0.1) is 0 Å². The van der Waals surface area contributed by atoms with Crippen molar-refractivity contribution >= 4 is 34.8 Å². The van der Waals surface area contributed by atoms with Crippen molar-refractivity contribution in [2.75, 3.05) is 0 Å². The molecule has 0 nitrogen and oxygen atoms in total. The summed E-state index contributed by atoms with van der Waals surface area (Å²) in [5.41, 5.74) is 3.28. The number of benzene rings is 1. The topological polar surface area (TPSA) is 0 Å². The Balaban J connectivity index is 2.31. The van der Waals surface area contributed by atoms with E-state index in [1.807, 2.05) is 13.0 Å². The van der Waals surface area contributed by atoms with Crippen molar-refractivity contribution in [1.82, 2.24) is 0 Å². The highest BCUT2D eigenvalue weighted by Crippen LogP contribution is 2.67. The number of rotatable bonds is 3. The third-order valence-electron chi connectivity index (χ3n) is 3.40. The largest absolute Gasteiger partial charge is 0.132 e. The predicted molar refractivity (Wildman–Crippen MR) is 76.3 cm³/mol. The summed E-state index contributed by atoms with van der Waals surface area (Å²) in [5.74, 6) is 0.251. The molecule has 0 N–H and O–H groups in total. The van der Waals surface area contributed by atoms with Crippen LogP contribution in [0.4, 0.5) is 0 Å². The van der Waals surface area contributed by atoms with Crippen molar-refractivity contribution in [3.63, 3.8) is 0 Å². The standard InChI is InChI=1S/C14H15Cl3/c1-4-9-5-6-10(7-11(9)15)13-12(8(2)3)14(13,16)17/h5-7,12-13H,2,4H2,1,3H3. The van der Waals surface area contributed by atoms with Gasteiger partial charge in [-0.15, -0.1) is 23.2 Å². The van der Waals surface area contributed by atoms with E-state index in [9.17, 15) is 0 Å². The number of hydrogen-bond acceptors (Lipinski definition) is 0. The number of allylic oxidation sites excluding steroid dienone is 1. The molecule has 0 saturated heterocycles. The molecule has 1 aliphatic rings. The molecule has 17 heavy (non-hydrogen) atoms. The van der Waals surface area contributed by atoms with Crippen LogP contribution in [0, 0.1) is 5.92 Å². The molecule has 0 amide bonds. The van der Waals surface area contributed by atoms with E-state index >= 15 is 0 Å². The Hall–Kier alpha value is -0.170. The van der Waals surface area contributed by atoms with Gasteiger partial charge in [-0.25, -0.2) is 0 Å². The first-order chi connectivity index (χ1) is 7.89. The Labute approximate surface area is 118 Å². The summed E-state index contributed by atoms with van der Waals surface area (Å²) in [6, 6.07) is 6.10. The van der Waals surface area contributed by atoms with Gasteiger partial charge < -0.3 is 0 Å². The number of alkyl halides is 2. The fraction of sp³-hybridized carbons (Fsp3) is 0.429. The van der Waals surface area contributed by atoms with Crippen LogP contribution in [-0.2, 0) is 6.42 Å². The summed E-state index contributed by atoms with van der Waals surface area (Å²) in [5, 5.41) is 0.793. The van der Waals surface area contributed by atoms with Gasteiger partial charge in [0.2, 0.25) is 0 Å². The van der Waals surface area contributed by atoms with Crippen LogP contribution < -0.4 is 0 Å². The second kappa shape index (κ2) is 4.50. The van der Waals surface area contributed by atoms with E-state index < -0.39 is 4.33 Å². The lowest BCUT2D eigenvalue weighted by Gasteiger charge is -2.05. The Bertz CT molecular complexity index is 463. The van der Waals surface area contributed by atoms with Crippen LogP contribution in [0.25, 0.3) is 0 Å². The van der Waals surface area contributed by atoms with Crippen LogP contribution in [0.15, 0.2) is 30.4 Å². The Kier molecular flexibility index (Phi) is 3.51. The molecule has 0 spiro atoms. The van der Waals surface area contributed by atoms with Crippen molar-refractivity contribution in [2.24, 2.45) is 5.92 Å². The van der Waals surface area contributed by atoms with Crippen molar-refractivity contribution < 1.29 is 0 Å². The predicted octanol–water partition coefficient (Wildman–Crippen LogP) is 5.37. The minimum Gasteiger partial charge on any atom is -0.100 e. The van der Waals surface area contributed by atoms with Gasteiger partial charge in [-0.3, -0.25) is 0 Å². The van der Waals surface area contributed by atoms with Crippen LogP contribution in [0.3, 0.4) is 0 Å². The Morgan fingerprint density at radius 2 is 2.06 bits per heavy atom. The molecule has 1 aromatic rings. The molecule has 0 aromatic heterocycles. The van der Waals surface area contributed by atoms with Gasteiger partial charge >= 0.3 is 0 Å². The molecule has 1 saturated carbocycles. The van der Waals surface area contributed by atoms with Gasteiger partial charge in [0, 0.05) is 16.9 Å². The first kappa shape index (κ1) is 13.3. The number of aryl methyl sites for hydroxylation is 1. The normalized spacial score (nSPS) is 25.7. The minimum atomic E-state index is -0.719. The quantitative estimate of drug-likeness (QED) is 0.518. The summed E-state index contributed by atoms with van der Waals surface area (Å²) in [7, 11) is 0. The molecule has 1 aromatic carbocycles. The minimum absolute atomic E-state index is 0.117. The summed E-state index contributed by atoms with van der Waals surface area (Å²) in [6.07, 6.45) is 0.931. The molecule has 0 bridgehead atoms. The van der Waals surface area contributed by atoms with Gasteiger partial charge in [-0.05, 0) is 30.5 Å². The molecule has 3 heteroatoms. The monoisotopic (exact) mass is 288 g/mol. The van der Waals surface area contributed by atoms with E-state index in [0.29, 0.717) is 0 Å². The van der Waals surface area contributed by atoms with Crippen molar-refractivity contribution in [1.29, 1.82) is 0 Å². The van der Waals surface area contributed by atoms with E-state index in [4.69, 9.17) is 34.8 Å². The van der Waals surface area contributed by atoms with Gasteiger partial charge in [-0.1, -0.05) is 42.8 Å². The van der Waals surface area contributed by atoms with Crippen LogP contribution in [-0.4, -0.2) is 4.33 Å². The fourth-order valence-corrected chi connectivity index (χ4v) is 3.72. The van der Waals surface area contributed by atoms with Crippen LogP contribution in [0.2, 0.25) is 5.02 Å². The molecule has 0 radical (unpaired) electrons. The maximum Gasteiger partial charge on any atom is 0.132 e. The average molecular weight is 290 g/mol. The van der Waals surface area contributed by atoms with E-state index in [1.54, 1.807) is 0 Å². The van der Waals surface area contributed by atoms with E-state index in [0.717, 1.165) is 28.1 Å². The maximum absolute atomic E-state index is 6.29. The second-order valence-electron chi connectivity index (χ2n) is 4.68. The van der Waals surface area contributed by atoms with Gasteiger partial charge in [0.25, 0.3) is 0 Å². The van der Waals surface area contributed by atoms with Crippen LogP contribution >= 0.6 is 34.8 Å².